The van der Waals surface area contributed by atoms with Crippen LogP contribution in [0.5, 0.6) is 0 Å². The van der Waals surface area contributed by atoms with Crippen LogP contribution in [-0.4, -0.2) is 23.0 Å². The van der Waals surface area contributed by atoms with Crippen molar-refractivity contribution in [2.75, 3.05) is 0 Å². The molecule has 0 bridgehead atoms. The van der Waals surface area contributed by atoms with Crippen LogP contribution in [0.2, 0.25) is 0 Å². The standard InChI is InChI=1S/C8H13NO3/c1-4-6(10)9-7(5(2)3)8(11)12/h4-5,7H,1H2,2-3H3,(H,9,10)(H,11,12). The zero-order valence-corrected chi connectivity index (χ0v) is 7.20. The summed E-state index contributed by atoms with van der Waals surface area (Å²) in [6, 6.07) is -0.838. The molecule has 68 valence electrons. The Hall–Kier alpha value is -1.32. The number of carboxylic acids is 1. The molecule has 1 amide bonds. The van der Waals surface area contributed by atoms with Crippen LogP contribution in [0.1, 0.15) is 13.8 Å². The number of amides is 1. The summed E-state index contributed by atoms with van der Waals surface area (Å²) < 4.78 is 0. The molecule has 0 aliphatic heterocycles. The van der Waals surface area contributed by atoms with Gasteiger partial charge in [0.25, 0.3) is 0 Å². The van der Waals surface area contributed by atoms with Crippen LogP contribution in [-0.2, 0) is 9.59 Å². The molecule has 0 heterocycles. The predicted octanol–water partition coefficient (Wildman–Crippen LogP) is 0.398. The number of carbonyl (C=O) groups is 2. The van der Waals surface area contributed by atoms with E-state index in [-0.39, 0.29) is 5.92 Å². The molecule has 12 heavy (non-hydrogen) atoms. The van der Waals surface area contributed by atoms with Gasteiger partial charge in [-0.1, -0.05) is 20.4 Å². The first-order chi connectivity index (χ1) is 5.49. The maximum atomic E-state index is 10.7. The molecule has 4 heteroatoms. The summed E-state index contributed by atoms with van der Waals surface area (Å²) in [6.07, 6.45) is 1.05. The Morgan fingerprint density at radius 2 is 2.00 bits per heavy atom. The second kappa shape index (κ2) is 4.54. The van der Waals surface area contributed by atoms with Crippen molar-refractivity contribution >= 4 is 11.9 Å². The Bertz CT molecular complexity index is 198. The molecule has 0 spiro atoms. The number of hydrogen-bond donors (Lipinski definition) is 2. The lowest BCUT2D eigenvalue weighted by Crippen LogP contribution is -2.43. The molecule has 4 nitrogen and oxygen atoms in total. The van der Waals surface area contributed by atoms with Crippen LogP contribution in [0.15, 0.2) is 12.7 Å². The van der Waals surface area contributed by atoms with Gasteiger partial charge in [-0.3, -0.25) is 4.79 Å². The summed E-state index contributed by atoms with van der Waals surface area (Å²) in [5, 5.41) is 10.9. The Morgan fingerprint density at radius 1 is 1.50 bits per heavy atom. The van der Waals surface area contributed by atoms with E-state index >= 15 is 0 Å². The van der Waals surface area contributed by atoms with Gasteiger partial charge in [0.05, 0.1) is 0 Å². The number of aliphatic carboxylic acids is 1. The van der Waals surface area contributed by atoms with Gasteiger partial charge < -0.3 is 10.4 Å². The number of carboxylic acid groups (broad SMARTS) is 1. The second-order valence-corrected chi connectivity index (χ2v) is 2.77. The molecule has 0 rings (SSSR count). The molecule has 0 radical (unpaired) electrons. The van der Waals surface area contributed by atoms with E-state index in [0.29, 0.717) is 0 Å². The first-order valence-corrected chi connectivity index (χ1v) is 3.64. The summed E-state index contributed by atoms with van der Waals surface area (Å²) in [4.78, 5) is 21.3. The first-order valence-electron chi connectivity index (χ1n) is 3.64. The average molecular weight is 171 g/mol. The van der Waals surface area contributed by atoms with Gasteiger partial charge >= 0.3 is 5.97 Å². The Morgan fingerprint density at radius 3 is 2.25 bits per heavy atom. The van der Waals surface area contributed by atoms with Gasteiger partial charge in [-0.05, 0) is 12.0 Å². The predicted molar refractivity (Wildman–Crippen MR) is 44.6 cm³/mol. The highest BCUT2D eigenvalue weighted by Crippen LogP contribution is 2.01. The van der Waals surface area contributed by atoms with E-state index in [2.05, 4.69) is 11.9 Å². The van der Waals surface area contributed by atoms with E-state index in [1.54, 1.807) is 13.8 Å². The lowest BCUT2D eigenvalue weighted by molar-refractivity contribution is -0.142. The SMILES string of the molecule is C=CC(=O)NC(C(=O)O)C(C)C. The smallest absolute Gasteiger partial charge is 0.326 e. The minimum Gasteiger partial charge on any atom is -0.480 e. The summed E-state index contributed by atoms with van der Waals surface area (Å²) in [7, 11) is 0. The summed E-state index contributed by atoms with van der Waals surface area (Å²) in [6.45, 7) is 6.68. The zero-order chi connectivity index (χ0) is 9.72. The normalized spacial score (nSPS) is 12.2. The molecular formula is C8H13NO3. The topological polar surface area (TPSA) is 66.4 Å². The van der Waals surface area contributed by atoms with Gasteiger partial charge in [0.15, 0.2) is 0 Å². The fourth-order valence-corrected chi connectivity index (χ4v) is 0.726. The third-order valence-corrected chi connectivity index (χ3v) is 1.42. The molecular weight excluding hydrogens is 158 g/mol. The molecule has 0 fully saturated rings. The van der Waals surface area contributed by atoms with Crippen molar-refractivity contribution in [3.05, 3.63) is 12.7 Å². The van der Waals surface area contributed by atoms with Crippen LogP contribution in [0.25, 0.3) is 0 Å². The van der Waals surface area contributed by atoms with Crippen molar-refractivity contribution in [2.45, 2.75) is 19.9 Å². The summed E-state index contributed by atoms with van der Waals surface area (Å²) in [5.41, 5.74) is 0. The molecule has 2 N–H and O–H groups in total. The molecule has 1 atom stereocenters. The van der Waals surface area contributed by atoms with E-state index in [1.165, 1.54) is 0 Å². The van der Waals surface area contributed by atoms with Crippen molar-refractivity contribution in [2.24, 2.45) is 5.92 Å². The second-order valence-electron chi connectivity index (χ2n) is 2.77. The van der Waals surface area contributed by atoms with Crippen molar-refractivity contribution in [1.29, 1.82) is 0 Å². The van der Waals surface area contributed by atoms with Crippen molar-refractivity contribution in [1.82, 2.24) is 5.32 Å². The Balaban J connectivity index is 4.23. The quantitative estimate of drug-likeness (QED) is 0.601. The fraction of sp³-hybridized carbons (Fsp3) is 0.500. The van der Waals surface area contributed by atoms with Gasteiger partial charge in [0.2, 0.25) is 5.91 Å². The number of nitrogens with one attached hydrogen (secondary N) is 1. The van der Waals surface area contributed by atoms with E-state index in [9.17, 15) is 9.59 Å². The van der Waals surface area contributed by atoms with Gasteiger partial charge in [0.1, 0.15) is 6.04 Å². The number of carbonyl (C=O) groups excluding carboxylic acids is 1. The average Bonchev–Trinajstić information content (AvgIpc) is 1.98. The maximum absolute atomic E-state index is 10.7. The van der Waals surface area contributed by atoms with Crippen LogP contribution in [0.3, 0.4) is 0 Å². The van der Waals surface area contributed by atoms with Gasteiger partial charge in [0, 0.05) is 0 Å². The summed E-state index contributed by atoms with van der Waals surface area (Å²) >= 11 is 0. The third kappa shape index (κ3) is 3.18. The van der Waals surface area contributed by atoms with E-state index in [1.807, 2.05) is 0 Å². The number of hydrogen-bond acceptors (Lipinski definition) is 2. The highest BCUT2D eigenvalue weighted by atomic mass is 16.4. The lowest BCUT2D eigenvalue weighted by atomic mass is 10.1. The minimum atomic E-state index is -1.03. The maximum Gasteiger partial charge on any atom is 0.326 e. The first kappa shape index (κ1) is 10.7. The Kier molecular flexibility index (Phi) is 4.04. The highest BCUT2D eigenvalue weighted by Gasteiger charge is 2.21. The van der Waals surface area contributed by atoms with Crippen molar-refractivity contribution in [3.8, 4) is 0 Å². The van der Waals surface area contributed by atoms with E-state index in [0.717, 1.165) is 6.08 Å². The van der Waals surface area contributed by atoms with E-state index in [4.69, 9.17) is 5.11 Å². The number of rotatable bonds is 4. The monoisotopic (exact) mass is 171 g/mol. The Labute approximate surface area is 71.3 Å². The molecule has 0 aromatic heterocycles. The molecule has 0 aliphatic carbocycles. The molecule has 0 aromatic rings. The van der Waals surface area contributed by atoms with E-state index < -0.39 is 17.9 Å². The summed E-state index contributed by atoms with van der Waals surface area (Å²) in [5.74, 6) is -1.62. The molecule has 0 saturated heterocycles. The fourth-order valence-electron chi connectivity index (χ4n) is 0.726. The van der Waals surface area contributed by atoms with Crippen LogP contribution < -0.4 is 5.32 Å². The highest BCUT2D eigenvalue weighted by molar-refractivity contribution is 5.90. The molecule has 0 aromatic carbocycles. The largest absolute Gasteiger partial charge is 0.480 e. The van der Waals surface area contributed by atoms with Crippen LogP contribution >= 0.6 is 0 Å². The van der Waals surface area contributed by atoms with Crippen LogP contribution in [0.4, 0.5) is 0 Å². The van der Waals surface area contributed by atoms with Gasteiger partial charge in [-0.25, -0.2) is 4.79 Å². The van der Waals surface area contributed by atoms with Crippen molar-refractivity contribution < 1.29 is 14.7 Å². The molecule has 0 saturated carbocycles. The van der Waals surface area contributed by atoms with Gasteiger partial charge in [-0.15, -0.1) is 0 Å². The lowest BCUT2D eigenvalue weighted by Gasteiger charge is -2.16. The molecule has 1 unspecified atom stereocenters. The van der Waals surface area contributed by atoms with Crippen LogP contribution in [0, 0.1) is 5.92 Å². The third-order valence-electron chi connectivity index (χ3n) is 1.42. The zero-order valence-electron chi connectivity index (χ0n) is 7.20. The minimum absolute atomic E-state index is 0.133. The molecule has 0 aliphatic rings. The van der Waals surface area contributed by atoms with Gasteiger partial charge in [-0.2, -0.15) is 0 Å². The van der Waals surface area contributed by atoms with Crippen molar-refractivity contribution in [3.63, 3.8) is 0 Å².